The van der Waals surface area contributed by atoms with Crippen LogP contribution in [-0.4, -0.2) is 20.8 Å². The maximum Gasteiger partial charge on any atom is 0.474 e. The Morgan fingerprint density at radius 1 is 1.30 bits per heavy atom. The van der Waals surface area contributed by atoms with Crippen molar-refractivity contribution in [3.8, 4) is 0 Å². The van der Waals surface area contributed by atoms with Crippen molar-refractivity contribution in [1.29, 1.82) is 0 Å². The minimum atomic E-state index is -3.18. The Bertz CT molecular complexity index is 110. The summed E-state index contributed by atoms with van der Waals surface area (Å²) in [7, 11) is -0.626. The van der Waals surface area contributed by atoms with Crippen LogP contribution in [0.4, 0.5) is 0 Å². The number of rotatable bonds is 4. The first kappa shape index (κ1) is 13.3. The molecule has 0 spiro atoms. The summed E-state index contributed by atoms with van der Waals surface area (Å²) in [5, 5.41) is 0. The maximum absolute atomic E-state index is 10.9. The molecule has 6 heteroatoms. The number of phosphoric ester groups is 1. The molecule has 0 saturated carbocycles. The standard InChI is InChI=1S/C4H11O4P.Zn/c1-4-8-9(5,6-2)7-3;/h4H2,1-3H3;. The number of phosphoric acid groups is 1. The van der Waals surface area contributed by atoms with Crippen LogP contribution in [0.25, 0.3) is 0 Å². The van der Waals surface area contributed by atoms with E-state index in [2.05, 4.69) is 13.6 Å². The van der Waals surface area contributed by atoms with Gasteiger partial charge in [0.15, 0.2) is 0 Å². The average Bonchev–Trinajstić information content (AvgIpc) is 1.89. The van der Waals surface area contributed by atoms with E-state index in [9.17, 15) is 4.57 Å². The van der Waals surface area contributed by atoms with Crippen molar-refractivity contribution in [3.63, 3.8) is 0 Å². The van der Waals surface area contributed by atoms with Gasteiger partial charge in [0.1, 0.15) is 0 Å². The van der Waals surface area contributed by atoms with Gasteiger partial charge < -0.3 is 0 Å². The molecule has 0 aliphatic carbocycles. The molecule has 0 saturated heterocycles. The topological polar surface area (TPSA) is 44.8 Å². The molecule has 0 aromatic rings. The zero-order valence-corrected chi connectivity index (χ0v) is 10.4. The molecule has 0 atom stereocenters. The molecule has 10 heavy (non-hydrogen) atoms. The van der Waals surface area contributed by atoms with E-state index in [1.807, 2.05) is 0 Å². The second-order valence-electron chi connectivity index (χ2n) is 1.23. The van der Waals surface area contributed by atoms with Gasteiger partial charge in [0.2, 0.25) is 0 Å². The normalized spacial score (nSPS) is 10.7. The van der Waals surface area contributed by atoms with E-state index in [0.29, 0.717) is 6.61 Å². The summed E-state index contributed by atoms with van der Waals surface area (Å²) in [4.78, 5) is 0. The molecule has 0 amide bonds. The van der Waals surface area contributed by atoms with Crippen LogP contribution >= 0.6 is 7.82 Å². The summed E-state index contributed by atoms with van der Waals surface area (Å²) >= 11 is 0. The quantitative estimate of drug-likeness (QED) is 0.530. The van der Waals surface area contributed by atoms with E-state index in [4.69, 9.17) is 0 Å². The third-order valence-corrected chi connectivity index (χ3v) is 2.20. The van der Waals surface area contributed by atoms with Crippen molar-refractivity contribution >= 4 is 7.82 Å². The summed E-state index contributed by atoms with van der Waals surface area (Å²) < 4.78 is 24.4. The predicted octanol–water partition coefficient (Wildman–Crippen LogP) is 1.42. The van der Waals surface area contributed by atoms with E-state index in [0.717, 1.165) is 0 Å². The first-order chi connectivity index (χ1) is 4.18. The van der Waals surface area contributed by atoms with Crippen LogP contribution in [0, 0.1) is 0 Å². The van der Waals surface area contributed by atoms with Crippen molar-refractivity contribution < 1.29 is 37.6 Å². The Balaban J connectivity index is 0. The summed E-state index contributed by atoms with van der Waals surface area (Å²) in [6.07, 6.45) is 0. The molecule has 0 rings (SSSR count). The molecular weight excluding hydrogens is 208 g/mol. The zero-order valence-electron chi connectivity index (χ0n) is 6.49. The third-order valence-electron chi connectivity index (χ3n) is 0.734. The zero-order chi connectivity index (χ0) is 7.33. The van der Waals surface area contributed by atoms with Gasteiger partial charge in [-0.1, -0.05) is 0 Å². The first-order valence-electron chi connectivity index (χ1n) is 2.54. The first-order valence-corrected chi connectivity index (χ1v) is 4.00. The molecule has 4 nitrogen and oxygen atoms in total. The van der Waals surface area contributed by atoms with E-state index >= 15 is 0 Å². The van der Waals surface area contributed by atoms with Crippen molar-refractivity contribution in [3.05, 3.63) is 0 Å². The predicted molar refractivity (Wildman–Crippen MR) is 33.3 cm³/mol. The molecule has 0 radical (unpaired) electrons. The summed E-state index contributed by atoms with van der Waals surface area (Å²) in [6.45, 7) is 2.03. The molecular formula is C4H11O4PZn. The molecule has 0 N–H and O–H groups in total. The largest absolute Gasteiger partial charge is 0.474 e. The van der Waals surface area contributed by atoms with Crippen molar-refractivity contribution in [2.75, 3.05) is 20.8 Å². The van der Waals surface area contributed by atoms with Crippen LogP contribution in [0.2, 0.25) is 0 Å². The van der Waals surface area contributed by atoms with E-state index in [1.165, 1.54) is 14.2 Å². The van der Waals surface area contributed by atoms with Gasteiger partial charge in [0.05, 0.1) is 6.61 Å². The van der Waals surface area contributed by atoms with Gasteiger partial charge in [-0.25, -0.2) is 4.57 Å². The van der Waals surface area contributed by atoms with Crippen LogP contribution in [0.1, 0.15) is 6.92 Å². The van der Waals surface area contributed by atoms with E-state index in [1.54, 1.807) is 6.92 Å². The van der Waals surface area contributed by atoms with Gasteiger partial charge in [-0.2, -0.15) is 0 Å². The Morgan fingerprint density at radius 2 is 1.70 bits per heavy atom. The fourth-order valence-electron chi connectivity index (χ4n) is 0.338. The minimum Gasteiger partial charge on any atom is -0.290 e. The molecule has 0 unspecified atom stereocenters. The second-order valence-corrected chi connectivity index (χ2v) is 3.11. The van der Waals surface area contributed by atoms with E-state index in [-0.39, 0.29) is 19.5 Å². The average molecular weight is 219 g/mol. The van der Waals surface area contributed by atoms with Gasteiger partial charge >= 0.3 is 7.82 Å². The van der Waals surface area contributed by atoms with E-state index < -0.39 is 7.82 Å². The van der Waals surface area contributed by atoms with Crippen molar-refractivity contribution in [1.82, 2.24) is 0 Å². The molecule has 0 fully saturated rings. The van der Waals surface area contributed by atoms with Gasteiger partial charge in [-0.15, -0.1) is 0 Å². The van der Waals surface area contributed by atoms with Crippen LogP contribution < -0.4 is 0 Å². The summed E-state index contributed by atoms with van der Waals surface area (Å²) in [5.74, 6) is 0. The van der Waals surface area contributed by atoms with Crippen LogP contribution in [0.5, 0.6) is 0 Å². The fourth-order valence-corrected chi connectivity index (χ4v) is 1.01. The molecule has 0 heterocycles. The summed E-state index contributed by atoms with van der Waals surface area (Å²) in [5.41, 5.74) is 0. The number of hydrogen-bond donors (Lipinski definition) is 0. The Kier molecular flexibility index (Phi) is 8.59. The Morgan fingerprint density at radius 3 is 1.80 bits per heavy atom. The minimum absolute atomic E-state index is 0. The molecule has 58 valence electrons. The van der Waals surface area contributed by atoms with Crippen LogP contribution in [-0.2, 0) is 37.6 Å². The van der Waals surface area contributed by atoms with Gasteiger partial charge in [0.25, 0.3) is 0 Å². The van der Waals surface area contributed by atoms with Gasteiger partial charge in [-0.3, -0.25) is 13.6 Å². The smallest absolute Gasteiger partial charge is 0.290 e. The van der Waals surface area contributed by atoms with Crippen LogP contribution in [0.15, 0.2) is 0 Å². The van der Waals surface area contributed by atoms with Crippen molar-refractivity contribution in [2.24, 2.45) is 0 Å². The maximum atomic E-state index is 10.9. The van der Waals surface area contributed by atoms with Crippen LogP contribution in [0.3, 0.4) is 0 Å². The van der Waals surface area contributed by atoms with Gasteiger partial charge in [-0.05, 0) is 6.92 Å². The van der Waals surface area contributed by atoms with Crippen molar-refractivity contribution in [2.45, 2.75) is 6.92 Å². The monoisotopic (exact) mass is 218 g/mol. The molecule has 0 bridgehead atoms. The Hall–Kier alpha value is 0.733. The Labute approximate surface area is 73.6 Å². The molecule has 0 aliphatic rings. The third kappa shape index (κ3) is 4.53. The fraction of sp³-hybridized carbons (Fsp3) is 1.00. The molecule has 0 aliphatic heterocycles. The van der Waals surface area contributed by atoms with Gasteiger partial charge in [0, 0.05) is 33.7 Å². The molecule has 0 aromatic carbocycles. The summed E-state index contributed by atoms with van der Waals surface area (Å²) in [6, 6.07) is 0. The second kappa shape index (κ2) is 6.44. The number of hydrogen-bond acceptors (Lipinski definition) is 4. The SMILES string of the molecule is CCOP(=O)(OC)OC.[Zn]. The molecule has 0 aromatic heterocycles.